The molecule has 0 radical (unpaired) electrons. The molecular weight excluding hydrogens is 352 g/mol. The van der Waals surface area contributed by atoms with Gasteiger partial charge in [0.05, 0.1) is 10.4 Å². The quantitative estimate of drug-likeness (QED) is 0.880. The van der Waals surface area contributed by atoms with Crippen molar-refractivity contribution < 1.29 is 12.9 Å². The van der Waals surface area contributed by atoms with Crippen LogP contribution in [0.3, 0.4) is 0 Å². The van der Waals surface area contributed by atoms with E-state index < -0.39 is 15.6 Å². The van der Waals surface area contributed by atoms with Gasteiger partial charge in [-0.25, -0.2) is 8.42 Å². The van der Waals surface area contributed by atoms with E-state index in [4.69, 9.17) is 10.3 Å². The number of benzene rings is 1. The first-order chi connectivity index (χ1) is 12.5. The number of nitrogens with zero attached hydrogens (tertiary/aromatic N) is 3. The summed E-state index contributed by atoms with van der Waals surface area (Å²) >= 11 is 0. The molecule has 0 bridgehead atoms. The molecule has 2 aliphatic rings. The Hall–Kier alpha value is -1.77. The molecule has 1 aromatic heterocycles. The minimum Gasteiger partial charge on any atom is -0.334 e. The summed E-state index contributed by atoms with van der Waals surface area (Å²) in [5.41, 5.74) is 6.56. The van der Waals surface area contributed by atoms with Crippen molar-refractivity contribution in [2.75, 3.05) is 13.1 Å². The molecule has 0 unspecified atom stereocenters. The lowest BCUT2D eigenvalue weighted by Crippen LogP contribution is -2.35. The number of hydrogen-bond acceptors (Lipinski definition) is 6. The van der Waals surface area contributed by atoms with E-state index >= 15 is 0 Å². The Labute approximate surface area is 153 Å². The molecular formula is C18H24N4O3S. The van der Waals surface area contributed by atoms with Gasteiger partial charge < -0.3 is 10.3 Å². The van der Waals surface area contributed by atoms with Crippen LogP contribution in [0.25, 0.3) is 11.5 Å². The number of rotatable bonds is 4. The van der Waals surface area contributed by atoms with Gasteiger partial charge in [0.15, 0.2) is 5.82 Å². The Balaban J connectivity index is 1.55. The topological polar surface area (TPSA) is 102 Å². The van der Waals surface area contributed by atoms with Crippen LogP contribution in [0, 0.1) is 0 Å². The maximum Gasteiger partial charge on any atom is 0.257 e. The molecule has 2 N–H and O–H groups in total. The van der Waals surface area contributed by atoms with E-state index in [9.17, 15) is 8.42 Å². The van der Waals surface area contributed by atoms with E-state index in [-0.39, 0.29) is 0 Å². The average Bonchev–Trinajstić information content (AvgIpc) is 3.33. The van der Waals surface area contributed by atoms with Crippen molar-refractivity contribution in [3.05, 3.63) is 30.1 Å². The highest BCUT2D eigenvalue weighted by Crippen LogP contribution is 2.35. The van der Waals surface area contributed by atoms with E-state index in [1.54, 1.807) is 28.6 Å². The fourth-order valence-corrected chi connectivity index (χ4v) is 5.31. The summed E-state index contributed by atoms with van der Waals surface area (Å²) in [5, 5.41) is 4.05. The van der Waals surface area contributed by atoms with E-state index in [2.05, 4.69) is 10.1 Å². The molecule has 2 heterocycles. The molecule has 26 heavy (non-hydrogen) atoms. The number of piperidine rings is 1. The SMILES string of the molecule is NC1(c2noc(-c3ccc(S(=O)(=O)N4CCCCC4)cc3)n2)CCCC1. The van der Waals surface area contributed by atoms with Crippen LogP contribution in [0.4, 0.5) is 0 Å². The molecule has 0 amide bonds. The second-order valence-electron chi connectivity index (χ2n) is 7.28. The molecule has 8 heteroatoms. The fraction of sp³-hybridized carbons (Fsp3) is 0.556. The molecule has 0 spiro atoms. The molecule has 1 aliphatic carbocycles. The second kappa shape index (κ2) is 6.75. The maximum atomic E-state index is 12.7. The molecule has 1 aliphatic heterocycles. The van der Waals surface area contributed by atoms with Gasteiger partial charge in [0.25, 0.3) is 5.89 Å². The third-order valence-electron chi connectivity index (χ3n) is 5.42. The van der Waals surface area contributed by atoms with Gasteiger partial charge in [0.2, 0.25) is 10.0 Å². The molecule has 0 atom stereocenters. The summed E-state index contributed by atoms with van der Waals surface area (Å²) in [6.07, 6.45) is 6.80. The van der Waals surface area contributed by atoms with E-state index in [1.807, 2.05) is 0 Å². The van der Waals surface area contributed by atoms with Crippen molar-refractivity contribution in [3.63, 3.8) is 0 Å². The van der Waals surface area contributed by atoms with Crippen LogP contribution in [0.5, 0.6) is 0 Å². The van der Waals surface area contributed by atoms with Crippen LogP contribution >= 0.6 is 0 Å². The number of aromatic nitrogens is 2. The lowest BCUT2D eigenvalue weighted by molar-refractivity contribution is 0.346. The van der Waals surface area contributed by atoms with Gasteiger partial charge in [-0.15, -0.1) is 0 Å². The Kier molecular flexibility index (Phi) is 4.58. The number of sulfonamides is 1. The molecule has 2 aromatic rings. The van der Waals surface area contributed by atoms with Crippen LogP contribution in [-0.4, -0.2) is 36.0 Å². The van der Waals surface area contributed by atoms with E-state index in [0.717, 1.165) is 44.9 Å². The lowest BCUT2D eigenvalue weighted by Gasteiger charge is -2.25. The normalized spacial score (nSPS) is 21.1. The first-order valence-electron chi connectivity index (χ1n) is 9.23. The number of hydrogen-bond donors (Lipinski definition) is 1. The van der Waals surface area contributed by atoms with Gasteiger partial charge >= 0.3 is 0 Å². The summed E-state index contributed by atoms with van der Waals surface area (Å²) in [6, 6.07) is 6.64. The van der Waals surface area contributed by atoms with Gasteiger partial charge in [0, 0.05) is 18.7 Å². The van der Waals surface area contributed by atoms with Gasteiger partial charge in [0.1, 0.15) is 0 Å². The molecule has 1 saturated heterocycles. The first-order valence-corrected chi connectivity index (χ1v) is 10.7. The molecule has 1 saturated carbocycles. The Bertz CT molecular complexity index is 864. The monoisotopic (exact) mass is 376 g/mol. The molecule has 7 nitrogen and oxygen atoms in total. The minimum absolute atomic E-state index is 0.300. The summed E-state index contributed by atoms with van der Waals surface area (Å²) < 4.78 is 32.4. The van der Waals surface area contributed by atoms with Crippen molar-refractivity contribution in [2.45, 2.75) is 55.4 Å². The van der Waals surface area contributed by atoms with Crippen LogP contribution < -0.4 is 5.73 Å². The standard InChI is InChI=1S/C18H24N4O3S/c19-18(10-2-3-11-18)17-20-16(25-21-17)14-6-8-15(9-7-14)26(23,24)22-12-4-1-5-13-22/h6-9H,1-5,10-13,19H2. The van der Waals surface area contributed by atoms with Gasteiger partial charge in [-0.3, -0.25) is 0 Å². The van der Waals surface area contributed by atoms with Crippen LogP contribution in [0.15, 0.2) is 33.7 Å². The summed E-state index contributed by atoms with van der Waals surface area (Å²) in [5.74, 6) is 0.911. The smallest absolute Gasteiger partial charge is 0.257 e. The predicted molar refractivity (Wildman–Crippen MR) is 96.7 cm³/mol. The van der Waals surface area contributed by atoms with Gasteiger partial charge in [-0.1, -0.05) is 24.4 Å². The van der Waals surface area contributed by atoms with Crippen LogP contribution in [0.1, 0.15) is 50.8 Å². The molecule has 2 fully saturated rings. The zero-order valence-corrected chi connectivity index (χ0v) is 15.5. The van der Waals surface area contributed by atoms with Crippen LogP contribution in [-0.2, 0) is 15.6 Å². The van der Waals surface area contributed by atoms with Crippen molar-refractivity contribution >= 4 is 10.0 Å². The first kappa shape index (κ1) is 17.6. The predicted octanol–water partition coefficient (Wildman–Crippen LogP) is 2.64. The van der Waals surface area contributed by atoms with E-state index in [0.29, 0.717) is 35.3 Å². The highest BCUT2D eigenvalue weighted by Gasteiger charge is 2.36. The van der Waals surface area contributed by atoms with Crippen molar-refractivity contribution in [3.8, 4) is 11.5 Å². The summed E-state index contributed by atoms with van der Waals surface area (Å²) in [6.45, 7) is 1.19. The van der Waals surface area contributed by atoms with Gasteiger partial charge in [-0.05, 0) is 49.9 Å². The number of nitrogens with two attached hydrogens (primary N) is 1. The largest absolute Gasteiger partial charge is 0.334 e. The highest BCUT2D eigenvalue weighted by molar-refractivity contribution is 7.89. The Morgan fingerprint density at radius 1 is 1.00 bits per heavy atom. The zero-order valence-electron chi connectivity index (χ0n) is 14.7. The van der Waals surface area contributed by atoms with E-state index in [1.165, 1.54) is 0 Å². The average molecular weight is 376 g/mol. The third kappa shape index (κ3) is 3.17. The molecule has 140 valence electrons. The summed E-state index contributed by atoms with van der Waals surface area (Å²) in [7, 11) is -3.43. The zero-order chi connectivity index (χ0) is 18.2. The molecule has 4 rings (SSSR count). The van der Waals surface area contributed by atoms with Crippen molar-refractivity contribution in [1.29, 1.82) is 0 Å². The van der Waals surface area contributed by atoms with Crippen molar-refractivity contribution in [1.82, 2.24) is 14.4 Å². The summed E-state index contributed by atoms with van der Waals surface area (Å²) in [4.78, 5) is 4.75. The van der Waals surface area contributed by atoms with Crippen molar-refractivity contribution in [2.24, 2.45) is 5.73 Å². The van der Waals surface area contributed by atoms with Crippen LogP contribution in [0.2, 0.25) is 0 Å². The Morgan fingerprint density at radius 2 is 1.65 bits per heavy atom. The second-order valence-corrected chi connectivity index (χ2v) is 9.21. The highest BCUT2D eigenvalue weighted by atomic mass is 32.2. The molecule has 1 aromatic carbocycles. The fourth-order valence-electron chi connectivity index (χ4n) is 3.80. The lowest BCUT2D eigenvalue weighted by atomic mass is 9.99. The Morgan fingerprint density at radius 3 is 2.31 bits per heavy atom. The van der Waals surface area contributed by atoms with Gasteiger partial charge in [-0.2, -0.15) is 9.29 Å². The third-order valence-corrected chi connectivity index (χ3v) is 7.33. The maximum absolute atomic E-state index is 12.7. The minimum atomic E-state index is -3.43.